The zero-order valence-electron chi connectivity index (χ0n) is 11.3. The maximum Gasteiger partial charge on any atom is 0.253 e. The van der Waals surface area contributed by atoms with E-state index in [-0.39, 0.29) is 18.1 Å². The average Bonchev–Trinajstić information content (AvgIpc) is 2.43. The van der Waals surface area contributed by atoms with Crippen molar-refractivity contribution in [3.63, 3.8) is 0 Å². The number of hydrogen-bond donors (Lipinski definition) is 1. The van der Waals surface area contributed by atoms with Crippen LogP contribution in [0.2, 0.25) is 0 Å². The highest BCUT2D eigenvalue weighted by molar-refractivity contribution is 5.95. The van der Waals surface area contributed by atoms with Crippen molar-refractivity contribution in [1.29, 1.82) is 0 Å². The molecule has 1 atom stereocenters. The van der Waals surface area contributed by atoms with Crippen LogP contribution in [0.4, 0.5) is 5.69 Å². The molecule has 0 aliphatic carbocycles. The van der Waals surface area contributed by atoms with Gasteiger partial charge in [0.2, 0.25) is 0 Å². The third kappa shape index (κ3) is 2.51. The molecule has 1 aromatic rings. The van der Waals surface area contributed by atoms with E-state index in [0.29, 0.717) is 6.54 Å². The summed E-state index contributed by atoms with van der Waals surface area (Å²) in [5.41, 5.74) is 1.96. The number of morpholine rings is 1. The number of carbonyl (C=O) groups excluding carboxylic acids is 1. The van der Waals surface area contributed by atoms with Crippen LogP contribution in [0.1, 0.15) is 18.4 Å². The molecule has 2 aliphatic rings. The highest BCUT2D eigenvalue weighted by Gasteiger charge is 2.41. The SMILES string of the molecule is Cc1cccc(N2CC3(CCCNC3)OCC2=O)c1. The predicted molar refractivity (Wildman–Crippen MR) is 74.3 cm³/mol. The van der Waals surface area contributed by atoms with E-state index < -0.39 is 0 Å². The second-order valence-corrected chi connectivity index (χ2v) is 5.57. The fourth-order valence-corrected chi connectivity index (χ4v) is 2.94. The minimum Gasteiger partial charge on any atom is -0.362 e. The molecule has 3 rings (SSSR count). The van der Waals surface area contributed by atoms with Crippen molar-refractivity contribution >= 4 is 11.6 Å². The molecule has 1 N–H and O–H groups in total. The molecule has 0 bridgehead atoms. The van der Waals surface area contributed by atoms with Crippen molar-refractivity contribution in [3.05, 3.63) is 29.8 Å². The summed E-state index contributed by atoms with van der Waals surface area (Å²) >= 11 is 0. The Kier molecular flexibility index (Phi) is 3.29. The molecule has 2 fully saturated rings. The van der Waals surface area contributed by atoms with E-state index in [1.54, 1.807) is 0 Å². The number of aryl methyl sites for hydroxylation is 1. The lowest BCUT2D eigenvalue weighted by atomic mass is 9.91. The smallest absolute Gasteiger partial charge is 0.253 e. The van der Waals surface area contributed by atoms with Crippen molar-refractivity contribution in [1.82, 2.24) is 5.32 Å². The van der Waals surface area contributed by atoms with Gasteiger partial charge in [-0.1, -0.05) is 12.1 Å². The lowest BCUT2D eigenvalue weighted by molar-refractivity contribution is -0.140. The van der Waals surface area contributed by atoms with E-state index in [0.717, 1.165) is 31.6 Å². The summed E-state index contributed by atoms with van der Waals surface area (Å²) in [7, 11) is 0. The summed E-state index contributed by atoms with van der Waals surface area (Å²) in [6, 6.07) is 8.11. The molecule has 1 amide bonds. The van der Waals surface area contributed by atoms with E-state index in [1.165, 1.54) is 5.56 Å². The number of carbonyl (C=O) groups is 1. The molecule has 2 aliphatic heterocycles. The summed E-state index contributed by atoms with van der Waals surface area (Å²) in [4.78, 5) is 14.0. The third-order valence-electron chi connectivity index (χ3n) is 4.00. The zero-order valence-corrected chi connectivity index (χ0v) is 11.3. The van der Waals surface area contributed by atoms with Crippen LogP contribution in [0.25, 0.3) is 0 Å². The Morgan fingerprint density at radius 1 is 1.42 bits per heavy atom. The normalized spacial score (nSPS) is 27.8. The van der Waals surface area contributed by atoms with E-state index in [4.69, 9.17) is 4.74 Å². The first-order valence-corrected chi connectivity index (χ1v) is 6.90. The highest BCUT2D eigenvalue weighted by Crippen LogP contribution is 2.29. The van der Waals surface area contributed by atoms with E-state index >= 15 is 0 Å². The zero-order chi connectivity index (χ0) is 13.3. The number of anilines is 1. The number of amides is 1. The highest BCUT2D eigenvalue weighted by atomic mass is 16.5. The van der Waals surface area contributed by atoms with Crippen LogP contribution in [-0.2, 0) is 9.53 Å². The van der Waals surface area contributed by atoms with Gasteiger partial charge in [-0.3, -0.25) is 4.79 Å². The summed E-state index contributed by atoms with van der Waals surface area (Å²) in [6.45, 7) is 4.77. The Bertz CT molecular complexity index is 481. The van der Waals surface area contributed by atoms with Crippen molar-refractivity contribution in [2.24, 2.45) is 0 Å². The molecule has 0 aromatic heterocycles. The molecule has 0 saturated carbocycles. The Balaban J connectivity index is 1.85. The Labute approximate surface area is 113 Å². The molecular formula is C15H20N2O2. The van der Waals surface area contributed by atoms with Crippen LogP contribution in [0, 0.1) is 6.92 Å². The molecule has 2 heterocycles. The number of nitrogens with zero attached hydrogens (tertiary/aromatic N) is 1. The molecule has 1 spiro atoms. The maximum absolute atomic E-state index is 12.1. The van der Waals surface area contributed by atoms with Crippen molar-refractivity contribution < 1.29 is 9.53 Å². The number of ether oxygens (including phenoxy) is 1. The minimum atomic E-state index is -0.199. The Hall–Kier alpha value is -1.39. The summed E-state index contributed by atoms with van der Waals surface area (Å²) in [5.74, 6) is 0.0572. The van der Waals surface area contributed by atoms with Crippen molar-refractivity contribution in [2.45, 2.75) is 25.4 Å². The van der Waals surface area contributed by atoms with E-state index in [9.17, 15) is 4.79 Å². The van der Waals surface area contributed by atoms with Crippen molar-refractivity contribution in [3.8, 4) is 0 Å². The Morgan fingerprint density at radius 2 is 2.32 bits per heavy atom. The largest absolute Gasteiger partial charge is 0.362 e. The number of piperidine rings is 1. The van der Waals surface area contributed by atoms with Crippen LogP contribution in [0.15, 0.2) is 24.3 Å². The second kappa shape index (κ2) is 4.94. The van der Waals surface area contributed by atoms with Gasteiger partial charge in [-0.25, -0.2) is 0 Å². The molecule has 0 radical (unpaired) electrons. The first kappa shape index (κ1) is 12.6. The molecule has 4 heteroatoms. The fraction of sp³-hybridized carbons (Fsp3) is 0.533. The average molecular weight is 260 g/mol. The first-order valence-electron chi connectivity index (χ1n) is 6.90. The van der Waals surface area contributed by atoms with Gasteiger partial charge in [0.05, 0.1) is 12.1 Å². The van der Waals surface area contributed by atoms with Gasteiger partial charge in [0.25, 0.3) is 5.91 Å². The third-order valence-corrected chi connectivity index (χ3v) is 4.00. The van der Waals surface area contributed by atoms with E-state index in [1.807, 2.05) is 30.0 Å². The summed E-state index contributed by atoms with van der Waals surface area (Å²) in [6.07, 6.45) is 2.13. The molecular weight excluding hydrogens is 240 g/mol. The molecule has 19 heavy (non-hydrogen) atoms. The molecule has 4 nitrogen and oxygen atoms in total. The van der Waals surface area contributed by atoms with Crippen LogP contribution in [0.3, 0.4) is 0 Å². The second-order valence-electron chi connectivity index (χ2n) is 5.57. The molecule has 1 unspecified atom stereocenters. The standard InChI is InChI=1S/C15H20N2O2/c1-12-4-2-5-13(8-12)17-11-15(19-9-14(17)18)6-3-7-16-10-15/h2,4-5,8,16H,3,6-7,9-11H2,1H3. The number of benzene rings is 1. The number of rotatable bonds is 1. The van der Waals surface area contributed by atoms with Gasteiger partial charge in [-0.15, -0.1) is 0 Å². The quantitative estimate of drug-likeness (QED) is 0.831. The number of hydrogen-bond acceptors (Lipinski definition) is 3. The van der Waals surface area contributed by atoms with Crippen LogP contribution >= 0.6 is 0 Å². The van der Waals surface area contributed by atoms with Gasteiger partial charge in [-0.2, -0.15) is 0 Å². The van der Waals surface area contributed by atoms with Crippen LogP contribution in [0.5, 0.6) is 0 Å². The van der Waals surface area contributed by atoms with Gasteiger partial charge in [0.15, 0.2) is 0 Å². The lowest BCUT2D eigenvalue weighted by Crippen LogP contribution is -2.60. The van der Waals surface area contributed by atoms with Crippen LogP contribution in [-0.4, -0.2) is 37.7 Å². The van der Waals surface area contributed by atoms with Gasteiger partial charge < -0.3 is 15.0 Å². The first-order chi connectivity index (χ1) is 9.19. The van der Waals surface area contributed by atoms with E-state index in [2.05, 4.69) is 11.4 Å². The Morgan fingerprint density at radius 3 is 3.05 bits per heavy atom. The maximum atomic E-state index is 12.1. The van der Waals surface area contributed by atoms with Gasteiger partial charge >= 0.3 is 0 Å². The topological polar surface area (TPSA) is 41.6 Å². The monoisotopic (exact) mass is 260 g/mol. The minimum absolute atomic E-state index is 0.0572. The van der Waals surface area contributed by atoms with Gasteiger partial charge in [-0.05, 0) is 44.0 Å². The fourth-order valence-electron chi connectivity index (χ4n) is 2.94. The summed E-state index contributed by atoms with van der Waals surface area (Å²) < 4.78 is 5.85. The van der Waals surface area contributed by atoms with Crippen molar-refractivity contribution in [2.75, 3.05) is 31.1 Å². The lowest BCUT2D eigenvalue weighted by Gasteiger charge is -2.44. The van der Waals surface area contributed by atoms with Gasteiger partial charge in [0.1, 0.15) is 6.61 Å². The molecule has 2 saturated heterocycles. The summed E-state index contributed by atoms with van der Waals surface area (Å²) in [5, 5.41) is 3.38. The number of nitrogens with one attached hydrogen (secondary N) is 1. The van der Waals surface area contributed by atoms with Gasteiger partial charge in [0, 0.05) is 12.2 Å². The predicted octanol–water partition coefficient (Wildman–Crippen LogP) is 1.48. The van der Waals surface area contributed by atoms with Crippen LogP contribution < -0.4 is 10.2 Å². The molecule has 102 valence electrons. The molecule has 1 aromatic carbocycles.